The molecule has 3 aromatic rings. The summed E-state index contributed by atoms with van der Waals surface area (Å²) in [6.07, 6.45) is 3.88. The molecule has 1 N–H and O–H groups in total. The van der Waals surface area contributed by atoms with Gasteiger partial charge >= 0.3 is 0 Å². The lowest BCUT2D eigenvalue weighted by Gasteiger charge is -2.14. The van der Waals surface area contributed by atoms with Gasteiger partial charge in [-0.2, -0.15) is 4.98 Å². The van der Waals surface area contributed by atoms with E-state index < -0.39 is 0 Å². The van der Waals surface area contributed by atoms with E-state index in [9.17, 15) is 9.18 Å². The van der Waals surface area contributed by atoms with Crippen molar-refractivity contribution in [3.05, 3.63) is 60.3 Å². The molecule has 7 heteroatoms. The summed E-state index contributed by atoms with van der Waals surface area (Å²) in [6, 6.07) is 7.97. The van der Waals surface area contributed by atoms with E-state index in [4.69, 9.17) is 4.52 Å². The van der Waals surface area contributed by atoms with Crippen LogP contribution < -0.4 is 0 Å². The van der Waals surface area contributed by atoms with Crippen molar-refractivity contribution in [3.63, 3.8) is 0 Å². The van der Waals surface area contributed by atoms with Gasteiger partial charge in [0.2, 0.25) is 6.39 Å². The van der Waals surface area contributed by atoms with Gasteiger partial charge in [-0.3, -0.25) is 4.79 Å². The summed E-state index contributed by atoms with van der Waals surface area (Å²) in [5.41, 5.74) is 2.23. The fraction of sp³-hybridized carbons (Fsp3) is 0.235. The minimum absolute atomic E-state index is 0.0608. The average molecular weight is 326 g/mol. The molecule has 1 saturated heterocycles. The molecule has 0 aliphatic carbocycles. The quantitative estimate of drug-likeness (QED) is 0.803. The van der Waals surface area contributed by atoms with Gasteiger partial charge in [-0.05, 0) is 35.7 Å². The maximum Gasteiger partial charge on any atom is 0.270 e. The summed E-state index contributed by atoms with van der Waals surface area (Å²) in [5, 5.41) is 3.85. The zero-order valence-corrected chi connectivity index (χ0v) is 12.8. The SMILES string of the molecule is O=C(c1cc(-c2ccc(F)cc2)c[nH]1)N1CCC(c2ncon2)C1. The number of carbonyl (C=O) groups excluding carboxylic acids is 1. The Morgan fingerprint density at radius 3 is 2.88 bits per heavy atom. The van der Waals surface area contributed by atoms with Crippen LogP contribution in [0.4, 0.5) is 4.39 Å². The molecule has 1 fully saturated rings. The Morgan fingerprint density at radius 1 is 1.29 bits per heavy atom. The number of hydrogen-bond donors (Lipinski definition) is 1. The van der Waals surface area contributed by atoms with E-state index in [1.165, 1.54) is 18.5 Å². The van der Waals surface area contributed by atoms with E-state index in [1.807, 2.05) is 0 Å². The number of rotatable bonds is 3. The molecular weight excluding hydrogens is 311 g/mol. The highest BCUT2D eigenvalue weighted by Crippen LogP contribution is 2.27. The van der Waals surface area contributed by atoms with E-state index in [2.05, 4.69) is 15.1 Å². The number of H-pyrrole nitrogens is 1. The summed E-state index contributed by atoms with van der Waals surface area (Å²) in [5.74, 6) is 0.410. The van der Waals surface area contributed by atoms with Crippen LogP contribution in [0.15, 0.2) is 47.4 Å². The second-order valence-electron chi connectivity index (χ2n) is 5.84. The summed E-state index contributed by atoms with van der Waals surface area (Å²) >= 11 is 0. The zero-order valence-electron chi connectivity index (χ0n) is 12.8. The molecule has 2 aromatic heterocycles. The zero-order chi connectivity index (χ0) is 16.5. The van der Waals surface area contributed by atoms with Crippen LogP contribution in [0.5, 0.6) is 0 Å². The van der Waals surface area contributed by atoms with Crippen LogP contribution in [0, 0.1) is 5.82 Å². The van der Waals surface area contributed by atoms with E-state index in [0.717, 1.165) is 17.5 Å². The molecule has 1 aliphatic heterocycles. The highest BCUT2D eigenvalue weighted by Gasteiger charge is 2.30. The van der Waals surface area contributed by atoms with Crippen LogP contribution in [-0.4, -0.2) is 39.0 Å². The topological polar surface area (TPSA) is 75.0 Å². The fourth-order valence-electron chi connectivity index (χ4n) is 3.01. The number of benzene rings is 1. The van der Waals surface area contributed by atoms with Gasteiger partial charge in [0.1, 0.15) is 11.5 Å². The molecule has 0 spiro atoms. The number of nitrogens with zero attached hydrogens (tertiary/aromatic N) is 3. The van der Waals surface area contributed by atoms with E-state index in [-0.39, 0.29) is 17.6 Å². The van der Waals surface area contributed by atoms with Crippen LogP contribution in [0.1, 0.15) is 28.7 Å². The third-order valence-corrected chi connectivity index (χ3v) is 4.31. The second kappa shape index (κ2) is 5.92. The first-order chi connectivity index (χ1) is 11.7. The maximum atomic E-state index is 13.0. The number of aromatic amines is 1. The lowest BCUT2D eigenvalue weighted by atomic mass is 10.1. The molecule has 1 aliphatic rings. The number of amides is 1. The molecule has 6 nitrogen and oxygen atoms in total. The van der Waals surface area contributed by atoms with E-state index in [1.54, 1.807) is 29.3 Å². The van der Waals surface area contributed by atoms with Gasteiger partial charge in [0.25, 0.3) is 5.91 Å². The number of aromatic nitrogens is 3. The summed E-state index contributed by atoms with van der Waals surface area (Å²) in [4.78, 5) is 21.5. The molecule has 4 rings (SSSR count). The smallest absolute Gasteiger partial charge is 0.270 e. The molecule has 1 unspecified atom stereocenters. The Hall–Kier alpha value is -2.96. The third kappa shape index (κ3) is 2.68. The predicted octanol–water partition coefficient (Wildman–Crippen LogP) is 2.83. The van der Waals surface area contributed by atoms with Crippen LogP contribution in [0.25, 0.3) is 11.1 Å². The van der Waals surface area contributed by atoms with Crippen molar-refractivity contribution in [3.8, 4) is 11.1 Å². The normalized spacial score (nSPS) is 17.4. The van der Waals surface area contributed by atoms with Gasteiger partial charge in [-0.1, -0.05) is 17.3 Å². The van der Waals surface area contributed by atoms with Crippen molar-refractivity contribution in [1.29, 1.82) is 0 Å². The first-order valence-corrected chi connectivity index (χ1v) is 7.70. The fourth-order valence-corrected chi connectivity index (χ4v) is 3.01. The van der Waals surface area contributed by atoms with Crippen LogP contribution in [-0.2, 0) is 0 Å². The molecular formula is C17H15FN4O2. The van der Waals surface area contributed by atoms with Crippen LogP contribution in [0.3, 0.4) is 0 Å². The number of likely N-dealkylation sites (tertiary alicyclic amines) is 1. The van der Waals surface area contributed by atoms with Crippen molar-refractivity contribution in [2.75, 3.05) is 13.1 Å². The van der Waals surface area contributed by atoms with Crippen molar-refractivity contribution < 1.29 is 13.7 Å². The van der Waals surface area contributed by atoms with Gasteiger partial charge in [-0.15, -0.1) is 0 Å². The molecule has 24 heavy (non-hydrogen) atoms. The van der Waals surface area contributed by atoms with Crippen molar-refractivity contribution in [1.82, 2.24) is 20.0 Å². The Bertz CT molecular complexity index is 842. The van der Waals surface area contributed by atoms with Crippen LogP contribution >= 0.6 is 0 Å². The molecule has 1 aromatic carbocycles. The number of halogens is 1. The Labute approximate surface area is 137 Å². The second-order valence-corrected chi connectivity index (χ2v) is 5.84. The largest absolute Gasteiger partial charge is 0.357 e. The third-order valence-electron chi connectivity index (χ3n) is 4.31. The lowest BCUT2D eigenvalue weighted by Crippen LogP contribution is -2.28. The van der Waals surface area contributed by atoms with Crippen LogP contribution in [0.2, 0.25) is 0 Å². The predicted molar refractivity (Wildman–Crippen MR) is 83.7 cm³/mol. The maximum absolute atomic E-state index is 13.0. The molecule has 3 heterocycles. The van der Waals surface area contributed by atoms with Crippen molar-refractivity contribution >= 4 is 5.91 Å². The molecule has 0 radical (unpaired) electrons. The van der Waals surface area contributed by atoms with Gasteiger partial charge in [0, 0.05) is 25.2 Å². The Morgan fingerprint density at radius 2 is 2.12 bits per heavy atom. The molecule has 1 amide bonds. The summed E-state index contributed by atoms with van der Waals surface area (Å²) in [7, 11) is 0. The Kier molecular flexibility index (Phi) is 3.60. The minimum atomic E-state index is -0.282. The minimum Gasteiger partial charge on any atom is -0.357 e. The van der Waals surface area contributed by atoms with Gasteiger partial charge in [-0.25, -0.2) is 4.39 Å². The molecule has 122 valence electrons. The van der Waals surface area contributed by atoms with Crippen molar-refractivity contribution in [2.24, 2.45) is 0 Å². The average Bonchev–Trinajstić information content (AvgIpc) is 3.34. The standard InChI is InChI=1S/C17H15FN4O2/c18-14-3-1-11(2-4-14)13-7-15(19-8-13)17(23)22-6-5-12(9-22)16-20-10-24-21-16/h1-4,7-8,10,12,19H,5-6,9H2. The number of hydrogen-bond acceptors (Lipinski definition) is 4. The van der Waals surface area contributed by atoms with Gasteiger partial charge in [0.15, 0.2) is 5.82 Å². The first-order valence-electron chi connectivity index (χ1n) is 7.70. The number of nitrogens with one attached hydrogen (secondary N) is 1. The van der Waals surface area contributed by atoms with E-state index >= 15 is 0 Å². The highest BCUT2D eigenvalue weighted by atomic mass is 19.1. The lowest BCUT2D eigenvalue weighted by molar-refractivity contribution is 0.0785. The molecule has 0 saturated carbocycles. The number of carbonyl (C=O) groups is 1. The van der Waals surface area contributed by atoms with Crippen molar-refractivity contribution in [2.45, 2.75) is 12.3 Å². The van der Waals surface area contributed by atoms with Gasteiger partial charge < -0.3 is 14.4 Å². The summed E-state index contributed by atoms with van der Waals surface area (Å²) in [6.45, 7) is 1.23. The monoisotopic (exact) mass is 326 g/mol. The Balaban J connectivity index is 1.48. The first kappa shape index (κ1) is 14.6. The molecule has 1 atom stereocenters. The van der Waals surface area contributed by atoms with Gasteiger partial charge in [0.05, 0.1) is 0 Å². The van der Waals surface area contributed by atoms with E-state index in [0.29, 0.717) is 24.6 Å². The molecule has 0 bridgehead atoms. The highest BCUT2D eigenvalue weighted by molar-refractivity contribution is 5.94. The summed E-state index contributed by atoms with van der Waals surface area (Å²) < 4.78 is 17.8.